The van der Waals surface area contributed by atoms with Crippen molar-refractivity contribution < 1.29 is 19.1 Å². The Morgan fingerprint density at radius 3 is 1.88 bits per heavy atom. The molecule has 1 atom stereocenters. The van der Waals surface area contributed by atoms with Gasteiger partial charge in [-0.15, -0.1) is 0 Å². The third kappa shape index (κ3) is 5.65. The number of nitrogens with two attached hydrogens (primary N) is 1. The molecule has 7 heteroatoms. The molecule has 2 aliphatic heterocycles. The maximum Gasteiger partial charge on any atom is 0.339 e. The summed E-state index contributed by atoms with van der Waals surface area (Å²) in [6.45, 7) is 6.50. The molecule has 3 aromatic rings. The summed E-state index contributed by atoms with van der Waals surface area (Å²) in [5.41, 5.74) is 10.6. The van der Waals surface area contributed by atoms with E-state index in [1.807, 2.05) is 66.7 Å². The molecule has 1 saturated heterocycles. The van der Waals surface area contributed by atoms with Crippen LogP contribution in [0.4, 0.5) is 0 Å². The number of rotatable bonds is 8. The van der Waals surface area contributed by atoms with Gasteiger partial charge in [0.05, 0.1) is 29.2 Å². The Labute approximate surface area is 235 Å². The van der Waals surface area contributed by atoms with Crippen molar-refractivity contribution in [3.8, 4) is 0 Å². The predicted molar refractivity (Wildman–Crippen MR) is 154 cm³/mol. The van der Waals surface area contributed by atoms with Gasteiger partial charge in [0, 0.05) is 18.8 Å². The zero-order valence-electron chi connectivity index (χ0n) is 23.0. The average molecular weight is 538 g/mol. The number of hydrogen-bond acceptors (Lipinski definition) is 7. The molecule has 5 rings (SSSR count). The van der Waals surface area contributed by atoms with Crippen molar-refractivity contribution in [3.05, 3.63) is 130 Å². The molecule has 40 heavy (non-hydrogen) atoms. The number of ether oxygens (including phenoxy) is 2. The number of allylic oxidation sites excluding steroid dienone is 1. The highest BCUT2D eigenvalue weighted by atomic mass is 16.6. The normalized spacial score (nSPS) is 18.0. The molecule has 1 fully saturated rings. The maximum absolute atomic E-state index is 13.7. The third-order valence-corrected chi connectivity index (χ3v) is 7.25. The maximum atomic E-state index is 13.7. The summed E-state index contributed by atoms with van der Waals surface area (Å²) < 4.78 is 11.6. The van der Waals surface area contributed by atoms with Crippen LogP contribution in [0.15, 0.2) is 114 Å². The molecule has 0 aliphatic carbocycles. The molecular weight excluding hydrogens is 502 g/mol. The molecule has 0 radical (unpaired) electrons. The topological polar surface area (TPSA) is 93.9 Å². The van der Waals surface area contributed by atoms with E-state index in [0.717, 1.165) is 5.56 Å². The molecule has 0 amide bonds. The van der Waals surface area contributed by atoms with Gasteiger partial charge >= 0.3 is 11.9 Å². The monoisotopic (exact) mass is 537 g/mol. The Morgan fingerprint density at radius 1 is 0.825 bits per heavy atom. The minimum atomic E-state index is -0.709. The highest BCUT2D eigenvalue weighted by molar-refractivity contribution is 6.00. The number of benzene rings is 3. The van der Waals surface area contributed by atoms with Gasteiger partial charge in [0.1, 0.15) is 11.9 Å². The van der Waals surface area contributed by atoms with Gasteiger partial charge in [-0.3, -0.25) is 4.90 Å². The van der Waals surface area contributed by atoms with Gasteiger partial charge in [0.15, 0.2) is 0 Å². The van der Waals surface area contributed by atoms with Gasteiger partial charge in [0.25, 0.3) is 0 Å². The summed E-state index contributed by atoms with van der Waals surface area (Å²) in [6, 6.07) is 30.1. The second-order valence-corrected chi connectivity index (χ2v) is 10.5. The molecule has 206 valence electrons. The molecule has 0 saturated carbocycles. The lowest BCUT2D eigenvalue weighted by atomic mass is 9.81. The van der Waals surface area contributed by atoms with Crippen molar-refractivity contribution in [3.63, 3.8) is 0 Å². The Balaban J connectivity index is 1.37. The first-order valence-corrected chi connectivity index (χ1v) is 13.6. The van der Waals surface area contributed by atoms with Gasteiger partial charge in [0.2, 0.25) is 0 Å². The number of hydrogen-bond donors (Lipinski definition) is 2. The number of nitrogens with zero attached hydrogens (tertiary/aromatic N) is 1. The summed E-state index contributed by atoms with van der Waals surface area (Å²) in [4.78, 5) is 29.2. The quantitative estimate of drug-likeness (QED) is 0.399. The van der Waals surface area contributed by atoms with Gasteiger partial charge in [-0.05, 0) is 37.5 Å². The fraction of sp³-hybridized carbons (Fsp3) is 0.273. The van der Waals surface area contributed by atoms with E-state index in [4.69, 9.17) is 15.2 Å². The second kappa shape index (κ2) is 11.8. The van der Waals surface area contributed by atoms with Crippen LogP contribution < -0.4 is 11.1 Å². The number of nitrogens with one attached hydrogen (secondary N) is 1. The van der Waals surface area contributed by atoms with E-state index in [2.05, 4.69) is 34.5 Å². The summed E-state index contributed by atoms with van der Waals surface area (Å²) in [5, 5.41) is 3.02. The van der Waals surface area contributed by atoms with Crippen molar-refractivity contribution >= 4 is 11.9 Å². The summed E-state index contributed by atoms with van der Waals surface area (Å²) in [7, 11) is 0. The van der Waals surface area contributed by atoms with Gasteiger partial charge in [-0.25, -0.2) is 9.59 Å². The van der Waals surface area contributed by atoms with Crippen LogP contribution in [0, 0.1) is 0 Å². The largest absolute Gasteiger partial charge is 0.460 e. The van der Waals surface area contributed by atoms with Gasteiger partial charge < -0.3 is 20.5 Å². The van der Waals surface area contributed by atoms with Crippen molar-refractivity contribution in [2.24, 2.45) is 5.73 Å². The summed E-state index contributed by atoms with van der Waals surface area (Å²) in [5.74, 6) is -1.56. The average Bonchev–Trinajstić information content (AvgIpc) is 2.92. The standard InChI is InChI=1S/C33H35N3O4/c1-21(2)39-32(37)27-22(3)35-31(34)29(28(27)23-13-7-4-8-14-23)33(38)40-26-19-36(20-26)30(24-15-9-5-10-16-24)25-17-11-6-12-18-25/h4-18,21,26,28,30,35H,19-20,34H2,1-3H3. The predicted octanol–water partition coefficient (Wildman–Crippen LogP) is 4.79. The molecule has 0 bridgehead atoms. The second-order valence-electron chi connectivity index (χ2n) is 10.5. The van der Waals surface area contributed by atoms with E-state index in [-0.39, 0.29) is 29.6 Å². The van der Waals surface area contributed by atoms with Crippen LogP contribution in [-0.2, 0) is 19.1 Å². The van der Waals surface area contributed by atoms with Crippen molar-refractivity contribution in [2.45, 2.75) is 44.9 Å². The first-order chi connectivity index (χ1) is 19.3. The van der Waals surface area contributed by atoms with Crippen LogP contribution in [0.1, 0.15) is 49.4 Å². The SMILES string of the molecule is CC1=C(C(=O)OC(C)C)C(c2ccccc2)C(C(=O)OC2CN(C(c3ccccc3)c3ccccc3)C2)=C(N)N1. The first-order valence-electron chi connectivity index (χ1n) is 13.6. The lowest BCUT2D eigenvalue weighted by molar-refractivity contribution is -0.154. The van der Waals surface area contributed by atoms with Crippen LogP contribution in [0.2, 0.25) is 0 Å². The minimum Gasteiger partial charge on any atom is -0.460 e. The summed E-state index contributed by atoms with van der Waals surface area (Å²) in [6.07, 6.45) is -0.622. The minimum absolute atomic E-state index is 0.0537. The third-order valence-electron chi connectivity index (χ3n) is 7.25. The van der Waals surface area contributed by atoms with Gasteiger partial charge in [-0.2, -0.15) is 0 Å². The molecule has 1 unspecified atom stereocenters. The lowest BCUT2D eigenvalue weighted by Gasteiger charge is -2.44. The van der Waals surface area contributed by atoms with Crippen molar-refractivity contribution in [1.82, 2.24) is 10.2 Å². The molecule has 7 nitrogen and oxygen atoms in total. The molecule has 0 spiro atoms. The Hall–Kier alpha value is -4.36. The molecule has 3 N–H and O–H groups in total. The van der Waals surface area contributed by atoms with Crippen molar-refractivity contribution in [2.75, 3.05) is 13.1 Å². The van der Waals surface area contributed by atoms with Crippen LogP contribution >= 0.6 is 0 Å². The zero-order valence-corrected chi connectivity index (χ0v) is 23.0. The molecule has 2 aliphatic rings. The summed E-state index contributed by atoms with van der Waals surface area (Å²) >= 11 is 0. The molecular formula is C33H35N3O4. The lowest BCUT2D eigenvalue weighted by Crippen LogP contribution is -2.54. The fourth-order valence-corrected chi connectivity index (χ4v) is 5.46. The van der Waals surface area contributed by atoms with E-state index < -0.39 is 17.9 Å². The van der Waals surface area contributed by atoms with E-state index in [9.17, 15) is 9.59 Å². The van der Waals surface area contributed by atoms with Crippen LogP contribution in [0.25, 0.3) is 0 Å². The van der Waals surface area contributed by atoms with E-state index >= 15 is 0 Å². The molecule has 2 heterocycles. The van der Waals surface area contributed by atoms with Crippen molar-refractivity contribution in [1.29, 1.82) is 0 Å². The number of likely N-dealkylation sites (tertiary alicyclic amines) is 1. The van der Waals surface area contributed by atoms with Crippen LogP contribution in [-0.4, -0.2) is 42.1 Å². The highest BCUT2D eigenvalue weighted by Crippen LogP contribution is 2.39. The first kappa shape index (κ1) is 27.2. The van der Waals surface area contributed by atoms with E-state index in [1.165, 1.54) is 11.1 Å². The number of esters is 2. The highest BCUT2D eigenvalue weighted by Gasteiger charge is 2.42. The van der Waals surface area contributed by atoms with Gasteiger partial charge in [-0.1, -0.05) is 91.0 Å². The Bertz CT molecular complexity index is 1370. The molecule has 3 aromatic carbocycles. The van der Waals surface area contributed by atoms with E-state index in [1.54, 1.807) is 20.8 Å². The Morgan fingerprint density at radius 2 is 1.35 bits per heavy atom. The number of carbonyl (C=O) groups is 2. The fourth-order valence-electron chi connectivity index (χ4n) is 5.46. The Kier molecular flexibility index (Phi) is 8.03. The zero-order chi connectivity index (χ0) is 28.2. The number of dihydropyridines is 1. The van der Waals surface area contributed by atoms with Crippen LogP contribution in [0.5, 0.6) is 0 Å². The van der Waals surface area contributed by atoms with Crippen LogP contribution in [0.3, 0.4) is 0 Å². The smallest absolute Gasteiger partial charge is 0.339 e. The van der Waals surface area contributed by atoms with E-state index in [0.29, 0.717) is 24.4 Å². The number of carbonyl (C=O) groups excluding carboxylic acids is 2. The molecule has 0 aromatic heterocycles.